The van der Waals surface area contributed by atoms with E-state index in [-0.39, 0.29) is 6.54 Å². The third-order valence-corrected chi connectivity index (χ3v) is 2.34. The minimum Gasteiger partial charge on any atom is -0.481 e. The second-order valence-electron chi connectivity index (χ2n) is 3.35. The Bertz CT molecular complexity index is 354. The zero-order valence-corrected chi connectivity index (χ0v) is 7.83. The molecule has 0 bridgehead atoms. The van der Waals surface area contributed by atoms with Crippen LogP contribution in [-0.2, 0) is 10.2 Å². The molecule has 3 N–H and O–H groups in total. The predicted octanol–water partition coefficient (Wildman–Crippen LogP) is 1.13. The van der Waals surface area contributed by atoms with Gasteiger partial charge in [-0.05, 0) is 24.6 Å². The summed E-state index contributed by atoms with van der Waals surface area (Å²) in [5.41, 5.74) is 4.55. The van der Waals surface area contributed by atoms with Crippen LogP contribution in [0.25, 0.3) is 0 Å². The first kappa shape index (κ1) is 10.7. The molecule has 0 radical (unpaired) electrons. The molecule has 0 saturated carbocycles. The average Bonchev–Trinajstić information content (AvgIpc) is 2.16. The lowest BCUT2D eigenvalue weighted by Crippen LogP contribution is -2.40. The molecule has 0 fully saturated rings. The monoisotopic (exact) mass is 197 g/mol. The van der Waals surface area contributed by atoms with E-state index in [1.54, 1.807) is 6.07 Å². The average molecular weight is 197 g/mol. The molecule has 1 atom stereocenters. The third-order valence-electron chi connectivity index (χ3n) is 2.34. The van der Waals surface area contributed by atoms with Gasteiger partial charge in [0.1, 0.15) is 11.2 Å². The fourth-order valence-electron chi connectivity index (χ4n) is 1.16. The fraction of sp³-hybridized carbons (Fsp3) is 0.300. The first-order valence-corrected chi connectivity index (χ1v) is 4.20. The smallest absolute Gasteiger partial charge is 0.315 e. The molecule has 0 amide bonds. The van der Waals surface area contributed by atoms with Crippen LogP contribution in [0.5, 0.6) is 0 Å². The van der Waals surface area contributed by atoms with Gasteiger partial charge in [0, 0.05) is 6.54 Å². The molecular weight excluding hydrogens is 185 g/mol. The zero-order valence-electron chi connectivity index (χ0n) is 7.83. The van der Waals surface area contributed by atoms with Gasteiger partial charge in [0.15, 0.2) is 0 Å². The van der Waals surface area contributed by atoms with Crippen LogP contribution in [0.1, 0.15) is 12.5 Å². The van der Waals surface area contributed by atoms with E-state index in [9.17, 15) is 9.18 Å². The number of hydrogen-bond donors (Lipinski definition) is 2. The number of halogens is 1. The molecule has 1 aromatic rings. The second kappa shape index (κ2) is 3.75. The number of aliphatic carboxylic acids is 1. The number of carbonyl (C=O) groups is 1. The van der Waals surface area contributed by atoms with Crippen LogP contribution in [0.4, 0.5) is 4.39 Å². The van der Waals surface area contributed by atoms with E-state index in [2.05, 4.69) is 0 Å². The van der Waals surface area contributed by atoms with Crippen molar-refractivity contribution in [2.45, 2.75) is 12.3 Å². The van der Waals surface area contributed by atoms with Gasteiger partial charge in [-0.1, -0.05) is 12.1 Å². The van der Waals surface area contributed by atoms with Crippen LogP contribution in [0.15, 0.2) is 24.3 Å². The van der Waals surface area contributed by atoms with Crippen LogP contribution in [0, 0.1) is 5.82 Å². The molecule has 0 aliphatic heterocycles. The molecule has 4 heteroatoms. The quantitative estimate of drug-likeness (QED) is 0.763. The van der Waals surface area contributed by atoms with Crippen molar-refractivity contribution in [2.75, 3.05) is 6.54 Å². The summed E-state index contributed by atoms with van der Waals surface area (Å²) in [6.45, 7) is 1.41. The summed E-state index contributed by atoms with van der Waals surface area (Å²) in [5, 5.41) is 8.97. The van der Waals surface area contributed by atoms with E-state index in [0.29, 0.717) is 5.56 Å². The Labute approximate surface area is 81.4 Å². The van der Waals surface area contributed by atoms with Gasteiger partial charge >= 0.3 is 5.97 Å². The van der Waals surface area contributed by atoms with E-state index >= 15 is 0 Å². The summed E-state index contributed by atoms with van der Waals surface area (Å²) in [7, 11) is 0. The van der Waals surface area contributed by atoms with Crippen LogP contribution in [0.2, 0.25) is 0 Å². The zero-order chi connectivity index (χ0) is 10.8. The lowest BCUT2D eigenvalue weighted by Gasteiger charge is -2.23. The van der Waals surface area contributed by atoms with E-state index in [1.165, 1.54) is 25.1 Å². The summed E-state index contributed by atoms with van der Waals surface area (Å²) in [6, 6.07) is 5.49. The number of carboxylic acids is 1. The van der Waals surface area contributed by atoms with E-state index in [1.807, 2.05) is 0 Å². The highest BCUT2D eigenvalue weighted by molar-refractivity contribution is 5.81. The topological polar surface area (TPSA) is 63.3 Å². The van der Waals surface area contributed by atoms with Crippen molar-refractivity contribution in [3.8, 4) is 0 Å². The Morgan fingerprint density at radius 3 is 2.71 bits per heavy atom. The largest absolute Gasteiger partial charge is 0.481 e. The molecule has 1 rings (SSSR count). The molecule has 0 heterocycles. The standard InChI is InChI=1S/C10H12FNO2/c1-10(6-12,9(13)14)7-3-2-4-8(11)5-7/h2-5H,6,12H2,1H3,(H,13,14). The molecule has 0 aliphatic rings. The Kier molecular flexibility index (Phi) is 2.86. The molecule has 76 valence electrons. The molecule has 0 aromatic heterocycles. The molecule has 0 saturated heterocycles. The summed E-state index contributed by atoms with van der Waals surface area (Å²) < 4.78 is 12.9. The highest BCUT2D eigenvalue weighted by atomic mass is 19.1. The van der Waals surface area contributed by atoms with E-state index in [4.69, 9.17) is 10.8 Å². The highest BCUT2D eigenvalue weighted by Crippen LogP contribution is 2.23. The fourth-order valence-corrected chi connectivity index (χ4v) is 1.16. The Morgan fingerprint density at radius 2 is 2.29 bits per heavy atom. The van der Waals surface area contributed by atoms with Crippen LogP contribution in [0.3, 0.4) is 0 Å². The van der Waals surface area contributed by atoms with Gasteiger partial charge in [0.2, 0.25) is 0 Å². The molecule has 1 unspecified atom stereocenters. The minimum absolute atomic E-state index is 0.0637. The van der Waals surface area contributed by atoms with Crippen molar-refractivity contribution in [3.63, 3.8) is 0 Å². The number of benzene rings is 1. The van der Waals surface area contributed by atoms with Gasteiger partial charge in [0.05, 0.1) is 0 Å². The molecule has 3 nitrogen and oxygen atoms in total. The van der Waals surface area contributed by atoms with Crippen LogP contribution in [-0.4, -0.2) is 17.6 Å². The maximum Gasteiger partial charge on any atom is 0.315 e. The predicted molar refractivity (Wildman–Crippen MR) is 50.4 cm³/mol. The first-order chi connectivity index (χ1) is 6.50. The number of nitrogens with two attached hydrogens (primary N) is 1. The molecule has 0 aliphatic carbocycles. The van der Waals surface area contributed by atoms with Crippen LogP contribution < -0.4 is 5.73 Å². The van der Waals surface area contributed by atoms with E-state index < -0.39 is 17.2 Å². The summed E-state index contributed by atoms with van der Waals surface area (Å²) in [6.07, 6.45) is 0. The normalized spacial score (nSPS) is 14.8. The Balaban J connectivity index is 3.19. The van der Waals surface area contributed by atoms with Gasteiger partial charge in [-0.2, -0.15) is 0 Å². The Morgan fingerprint density at radius 1 is 1.64 bits per heavy atom. The second-order valence-corrected chi connectivity index (χ2v) is 3.35. The molecular formula is C10H12FNO2. The van der Waals surface area contributed by atoms with Gasteiger partial charge in [-0.3, -0.25) is 4.79 Å². The lowest BCUT2D eigenvalue weighted by molar-refractivity contribution is -0.142. The summed E-state index contributed by atoms with van der Waals surface area (Å²) >= 11 is 0. The van der Waals surface area contributed by atoms with Crippen molar-refractivity contribution < 1.29 is 14.3 Å². The number of rotatable bonds is 3. The van der Waals surface area contributed by atoms with Crippen LogP contribution >= 0.6 is 0 Å². The highest BCUT2D eigenvalue weighted by Gasteiger charge is 2.33. The summed E-state index contributed by atoms with van der Waals surface area (Å²) in [5.74, 6) is -1.51. The SMILES string of the molecule is CC(CN)(C(=O)O)c1cccc(F)c1. The molecule has 14 heavy (non-hydrogen) atoms. The number of carboxylic acid groups (broad SMARTS) is 1. The van der Waals surface area contributed by atoms with Gasteiger partial charge < -0.3 is 10.8 Å². The first-order valence-electron chi connectivity index (χ1n) is 4.20. The lowest BCUT2D eigenvalue weighted by atomic mass is 9.83. The minimum atomic E-state index is -1.22. The molecule has 0 spiro atoms. The third kappa shape index (κ3) is 1.75. The van der Waals surface area contributed by atoms with Gasteiger partial charge in [-0.25, -0.2) is 4.39 Å². The van der Waals surface area contributed by atoms with E-state index in [0.717, 1.165) is 0 Å². The maximum absolute atomic E-state index is 12.9. The number of hydrogen-bond acceptors (Lipinski definition) is 2. The van der Waals surface area contributed by atoms with Gasteiger partial charge in [-0.15, -0.1) is 0 Å². The maximum atomic E-state index is 12.9. The van der Waals surface area contributed by atoms with Crippen molar-refractivity contribution in [1.82, 2.24) is 0 Å². The molecule has 1 aromatic carbocycles. The van der Waals surface area contributed by atoms with Crippen molar-refractivity contribution in [1.29, 1.82) is 0 Å². The summed E-state index contributed by atoms with van der Waals surface area (Å²) in [4.78, 5) is 11.0. The van der Waals surface area contributed by atoms with Crippen molar-refractivity contribution >= 4 is 5.97 Å². The van der Waals surface area contributed by atoms with Crippen molar-refractivity contribution in [3.05, 3.63) is 35.6 Å². The van der Waals surface area contributed by atoms with Crippen molar-refractivity contribution in [2.24, 2.45) is 5.73 Å². The van der Waals surface area contributed by atoms with Gasteiger partial charge in [0.25, 0.3) is 0 Å². The Hall–Kier alpha value is -1.42.